The second kappa shape index (κ2) is 11.6. The number of unbranched alkanes of at least 4 members (excludes halogenated alkanes) is 7. The summed E-state index contributed by atoms with van der Waals surface area (Å²) in [5, 5.41) is 0. The van der Waals surface area contributed by atoms with Gasteiger partial charge in [0, 0.05) is 0 Å². The van der Waals surface area contributed by atoms with Crippen molar-refractivity contribution in [2.75, 3.05) is 0 Å². The lowest BCUT2D eigenvalue weighted by Gasteiger charge is -2.09. The molecule has 0 bridgehead atoms. The van der Waals surface area contributed by atoms with E-state index in [2.05, 4.69) is 6.92 Å². The average Bonchev–Trinajstić information content (AvgIpc) is 2.08. The first-order chi connectivity index (χ1) is 6.56. The molecular weight excluding hydrogens is 274 g/mol. The molecule has 0 amide bonds. The molecule has 0 aliphatic rings. The first-order valence-electron chi connectivity index (χ1n) is 5.63. The Hall–Kier alpha value is 1.16. The molecule has 0 atom stereocenters. The van der Waals surface area contributed by atoms with Crippen molar-refractivity contribution in [2.24, 2.45) is 0 Å². The van der Waals surface area contributed by atoms with E-state index < -0.39 is 3.79 Å². The van der Waals surface area contributed by atoms with Gasteiger partial charge in [0.05, 0.1) is 0 Å². The van der Waals surface area contributed by atoms with E-state index in [0.29, 0.717) is 6.42 Å². The van der Waals surface area contributed by atoms with Gasteiger partial charge in [-0.3, -0.25) is 0 Å². The van der Waals surface area contributed by atoms with Crippen molar-refractivity contribution in [3.63, 3.8) is 0 Å². The van der Waals surface area contributed by atoms with E-state index >= 15 is 0 Å². The Morgan fingerprint density at radius 3 is 1.53 bits per heavy atom. The molecule has 0 aromatic rings. The van der Waals surface area contributed by atoms with Gasteiger partial charge in [0.2, 0.25) is 0 Å². The van der Waals surface area contributed by atoms with Crippen LogP contribution in [0.4, 0.5) is 0 Å². The average molecular weight is 296 g/mol. The highest BCUT2D eigenvalue weighted by Gasteiger charge is 2.17. The third-order valence-electron chi connectivity index (χ3n) is 2.31. The van der Waals surface area contributed by atoms with Crippen LogP contribution in [0.15, 0.2) is 0 Å². The summed E-state index contributed by atoms with van der Waals surface area (Å²) in [6, 6.07) is 0. The SMILES string of the molecule is CCCCCCCCCCC(Cl)(Cl)Cl.Cl. The van der Waals surface area contributed by atoms with Crippen LogP contribution in [0.3, 0.4) is 0 Å². The van der Waals surface area contributed by atoms with Gasteiger partial charge in [-0.1, -0.05) is 86.7 Å². The Kier molecular flexibility index (Phi) is 14.4. The first kappa shape index (κ1) is 18.5. The summed E-state index contributed by atoms with van der Waals surface area (Å²) in [6.45, 7) is 2.24. The summed E-state index contributed by atoms with van der Waals surface area (Å²) >= 11 is 16.9. The highest BCUT2D eigenvalue weighted by molar-refractivity contribution is 6.67. The van der Waals surface area contributed by atoms with Gasteiger partial charge in [-0.15, -0.1) is 12.4 Å². The monoisotopic (exact) mass is 294 g/mol. The maximum absolute atomic E-state index is 5.65. The van der Waals surface area contributed by atoms with Crippen LogP contribution in [0.5, 0.6) is 0 Å². The molecule has 0 nitrogen and oxygen atoms in total. The van der Waals surface area contributed by atoms with Gasteiger partial charge >= 0.3 is 0 Å². The minimum Gasteiger partial charge on any atom is -0.147 e. The fourth-order valence-electron chi connectivity index (χ4n) is 1.46. The van der Waals surface area contributed by atoms with Crippen LogP contribution < -0.4 is 0 Å². The van der Waals surface area contributed by atoms with E-state index in [-0.39, 0.29) is 12.4 Å². The van der Waals surface area contributed by atoms with Crippen molar-refractivity contribution in [3.8, 4) is 0 Å². The van der Waals surface area contributed by atoms with Gasteiger partial charge in [-0.25, -0.2) is 0 Å². The van der Waals surface area contributed by atoms with E-state index in [1.54, 1.807) is 0 Å². The Morgan fingerprint density at radius 1 is 0.733 bits per heavy atom. The van der Waals surface area contributed by atoms with Gasteiger partial charge in [-0.2, -0.15) is 0 Å². The molecule has 0 spiro atoms. The van der Waals surface area contributed by atoms with Gasteiger partial charge < -0.3 is 0 Å². The van der Waals surface area contributed by atoms with Crippen LogP contribution >= 0.6 is 47.2 Å². The zero-order chi connectivity index (χ0) is 10.9. The van der Waals surface area contributed by atoms with Crippen molar-refractivity contribution in [1.82, 2.24) is 0 Å². The topological polar surface area (TPSA) is 0 Å². The normalized spacial score (nSPS) is 11.2. The third-order valence-corrected chi connectivity index (χ3v) is 2.88. The quantitative estimate of drug-likeness (QED) is 0.363. The number of alkyl halides is 3. The summed E-state index contributed by atoms with van der Waals surface area (Å²) in [5.41, 5.74) is 0. The second-order valence-electron chi connectivity index (χ2n) is 3.84. The molecule has 0 fully saturated rings. The lowest BCUT2D eigenvalue weighted by atomic mass is 10.1. The Balaban J connectivity index is 0. The van der Waals surface area contributed by atoms with E-state index in [1.165, 1.54) is 44.9 Å². The van der Waals surface area contributed by atoms with Gasteiger partial charge in [0.25, 0.3) is 0 Å². The van der Waals surface area contributed by atoms with Crippen molar-refractivity contribution in [2.45, 2.75) is 68.5 Å². The van der Waals surface area contributed by atoms with Crippen LogP contribution in [0.25, 0.3) is 0 Å². The van der Waals surface area contributed by atoms with Crippen molar-refractivity contribution < 1.29 is 0 Å². The molecule has 0 saturated carbocycles. The van der Waals surface area contributed by atoms with Gasteiger partial charge in [0.15, 0.2) is 3.79 Å². The van der Waals surface area contributed by atoms with Crippen LogP contribution in [0.1, 0.15) is 64.7 Å². The standard InChI is InChI=1S/C11H21Cl3.ClH/c1-2-3-4-5-6-7-8-9-10-11(12,13)14;/h2-10H2,1H3;1H. The van der Waals surface area contributed by atoms with Crippen molar-refractivity contribution >= 4 is 47.2 Å². The van der Waals surface area contributed by atoms with E-state index in [1.807, 2.05) is 0 Å². The van der Waals surface area contributed by atoms with E-state index in [9.17, 15) is 0 Å². The molecule has 0 aromatic carbocycles. The molecule has 0 unspecified atom stereocenters. The Bertz CT molecular complexity index is 120. The van der Waals surface area contributed by atoms with Gasteiger partial charge in [0.1, 0.15) is 0 Å². The summed E-state index contributed by atoms with van der Waals surface area (Å²) in [7, 11) is 0. The van der Waals surface area contributed by atoms with Crippen molar-refractivity contribution in [3.05, 3.63) is 0 Å². The summed E-state index contributed by atoms with van der Waals surface area (Å²) in [4.78, 5) is 0. The fraction of sp³-hybridized carbons (Fsp3) is 1.00. The minimum atomic E-state index is -1.04. The maximum atomic E-state index is 5.65. The molecule has 0 aromatic heterocycles. The molecule has 0 aliphatic heterocycles. The van der Waals surface area contributed by atoms with Gasteiger partial charge in [-0.05, 0) is 12.8 Å². The first-order valence-corrected chi connectivity index (χ1v) is 6.76. The molecule has 15 heavy (non-hydrogen) atoms. The number of halogens is 4. The molecular formula is C11H22Cl4. The minimum absolute atomic E-state index is 0. The third kappa shape index (κ3) is 17.8. The van der Waals surface area contributed by atoms with Crippen LogP contribution in [0, 0.1) is 0 Å². The molecule has 0 saturated heterocycles. The highest BCUT2D eigenvalue weighted by atomic mass is 35.6. The number of hydrogen-bond acceptors (Lipinski definition) is 0. The lowest BCUT2D eigenvalue weighted by molar-refractivity contribution is 0.567. The van der Waals surface area contributed by atoms with Crippen molar-refractivity contribution in [1.29, 1.82) is 0 Å². The predicted molar refractivity (Wildman–Crippen MR) is 74.8 cm³/mol. The zero-order valence-corrected chi connectivity index (χ0v) is 12.5. The molecule has 4 heteroatoms. The largest absolute Gasteiger partial charge is 0.190 e. The molecule has 0 N–H and O–H groups in total. The Labute approximate surface area is 115 Å². The van der Waals surface area contributed by atoms with Crippen LogP contribution in [-0.4, -0.2) is 3.79 Å². The maximum Gasteiger partial charge on any atom is 0.190 e. The zero-order valence-electron chi connectivity index (χ0n) is 9.41. The highest BCUT2D eigenvalue weighted by Crippen LogP contribution is 2.32. The Morgan fingerprint density at radius 2 is 1.13 bits per heavy atom. The summed E-state index contributed by atoms with van der Waals surface area (Å²) in [6.07, 6.45) is 10.9. The molecule has 0 radical (unpaired) electrons. The van der Waals surface area contributed by atoms with E-state index in [0.717, 1.165) is 6.42 Å². The summed E-state index contributed by atoms with van der Waals surface area (Å²) < 4.78 is -1.04. The molecule has 0 aliphatic carbocycles. The fourth-order valence-corrected chi connectivity index (χ4v) is 1.86. The lowest BCUT2D eigenvalue weighted by Crippen LogP contribution is -2.00. The smallest absolute Gasteiger partial charge is 0.147 e. The predicted octanol–water partition coefficient (Wildman–Crippen LogP) is 6.31. The summed E-state index contributed by atoms with van der Waals surface area (Å²) in [5.74, 6) is 0. The number of hydrogen-bond donors (Lipinski definition) is 0. The molecule has 94 valence electrons. The number of rotatable bonds is 8. The van der Waals surface area contributed by atoms with Crippen LogP contribution in [-0.2, 0) is 0 Å². The second-order valence-corrected chi connectivity index (χ2v) is 6.36. The molecule has 0 heterocycles. The van der Waals surface area contributed by atoms with Crippen LogP contribution in [0.2, 0.25) is 0 Å². The van der Waals surface area contributed by atoms with E-state index in [4.69, 9.17) is 34.8 Å². The molecule has 0 rings (SSSR count).